The van der Waals surface area contributed by atoms with Gasteiger partial charge >= 0.3 is 0 Å². The topological polar surface area (TPSA) is 49.4 Å². The van der Waals surface area contributed by atoms with Crippen LogP contribution in [-0.2, 0) is 11.4 Å². The minimum atomic E-state index is -2.97. The molecule has 0 amide bonds. The molecule has 0 fully saturated rings. The van der Waals surface area contributed by atoms with Crippen molar-refractivity contribution in [2.75, 3.05) is 0 Å². The normalized spacial score (nSPS) is 12.6. The summed E-state index contributed by atoms with van der Waals surface area (Å²) in [6, 6.07) is 2.89. The Morgan fingerprint density at radius 3 is 2.25 bits per heavy atom. The summed E-state index contributed by atoms with van der Waals surface area (Å²) >= 11 is -2.97. The molecule has 0 aromatic heterocycles. The summed E-state index contributed by atoms with van der Waals surface area (Å²) in [6.07, 6.45) is 0. The first-order chi connectivity index (χ1) is 5.61. The highest BCUT2D eigenvalue weighted by molar-refractivity contribution is 7.74. The van der Waals surface area contributed by atoms with Crippen LogP contribution in [0.4, 0.5) is 8.78 Å². The van der Waals surface area contributed by atoms with Crippen LogP contribution in [0.2, 0.25) is 0 Å². The molecule has 0 N–H and O–H groups in total. The molecule has 6 heteroatoms. The monoisotopic (exact) mass is 193 g/mol. The summed E-state index contributed by atoms with van der Waals surface area (Å²) < 4.78 is 48.8. The molecule has 1 aromatic carbocycles. The van der Waals surface area contributed by atoms with Crippen molar-refractivity contribution in [1.29, 1.82) is 0 Å². The van der Waals surface area contributed by atoms with E-state index in [2.05, 4.69) is 4.18 Å². The molecule has 0 aliphatic heterocycles. The van der Waals surface area contributed by atoms with E-state index in [0.29, 0.717) is 0 Å². The minimum absolute atomic E-state index is 0.894. The molecule has 0 aliphatic carbocycles. The lowest BCUT2D eigenvalue weighted by atomic mass is 10.3. The molecule has 0 bridgehead atoms. The fourth-order valence-corrected chi connectivity index (χ4v) is 0.925. The number of rotatable bonds is 2. The Labute approximate surface area is 69.5 Å². The van der Waals surface area contributed by atoms with Crippen LogP contribution < -0.4 is 4.18 Å². The van der Waals surface area contributed by atoms with Gasteiger partial charge in [-0.05, 0) is 12.1 Å². The lowest BCUT2D eigenvalue weighted by Crippen LogP contribution is -2.01. The zero-order valence-corrected chi connectivity index (χ0v) is 6.44. The van der Waals surface area contributed by atoms with Crippen LogP contribution in [0, 0.1) is 11.6 Å². The van der Waals surface area contributed by atoms with Gasteiger partial charge in [-0.25, -0.2) is 13.0 Å². The second-order valence-electron chi connectivity index (χ2n) is 1.84. The average molecular weight is 193 g/mol. The SMILES string of the molecule is O=S([O-])Oc1c(F)cccc1F. The Morgan fingerprint density at radius 2 is 1.83 bits per heavy atom. The van der Waals surface area contributed by atoms with Gasteiger partial charge in [0.15, 0.2) is 11.6 Å². The van der Waals surface area contributed by atoms with E-state index >= 15 is 0 Å². The van der Waals surface area contributed by atoms with Crippen molar-refractivity contribution in [2.45, 2.75) is 0 Å². The molecule has 0 spiro atoms. The third-order valence-corrected chi connectivity index (χ3v) is 1.37. The fraction of sp³-hybridized carbons (Fsp3) is 0. The van der Waals surface area contributed by atoms with E-state index < -0.39 is 28.7 Å². The Kier molecular flexibility index (Phi) is 2.72. The zero-order chi connectivity index (χ0) is 9.14. The maximum absolute atomic E-state index is 12.6. The van der Waals surface area contributed by atoms with Gasteiger partial charge in [0.05, 0.1) is 0 Å². The molecule has 1 atom stereocenters. The second-order valence-corrected chi connectivity index (χ2v) is 2.41. The standard InChI is InChI=1S/C6H4F2O3S/c7-4-2-1-3-5(8)6(4)11-12(9)10/h1-3H,(H,9,10)/p-1. The molecule has 12 heavy (non-hydrogen) atoms. The summed E-state index contributed by atoms with van der Waals surface area (Å²) in [6.45, 7) is 0. The molecule has 66 valence electrons. The van der Waals surface area contributed by atoms with Gasteiger partial charge in [-0.1, -0.05) is 6.07 Å². The highest BCUT2D eigenvalue weighted by atomic mass is 32.2. The molecule has 3 nitrogen and oxygen atoms in total. The molecule has 1 aromatic rings. The van der Waals surface area contributed by atoms with Gasteiger partial charge < -0.3 is 8.74 Å². The van der Waals surface area contributed by atoms with Gasteiger partial charge in [-0.2, -0.15) is 0 Å². The van der Waals surface area contributed by atoms with Crippen LogP contribution in [0.1, 0.15) is 0 Å². The molecule has 0 aliphatic rings. The van der Waals surface area contributed by atoms with Gasteiger partial charge in [0.25, 0.3) is 0 Å². The van der Waals surface area contributed by atoms with E-state index in [4.69, 9.17) is 0 Å². The predicted octanol–water partition coefficient (Wildman–Crippen LogP) is 1.14. The van der Waals surface area contributed by atoms with E-state index in [1.54, 1.807) is 0 Å². The number of para-hydroxylation sites is 1. The number of hydrogen-bond donors (Lipinski definition) is 0. The zero-order valence-electron chi connectivity index (χ0n) is 5.62. The Morgan fingerprint density at radius 1 is 1.33 bits per heavy atom. The predicted molar refractivity (Wildman–Crippen MR) is 35.9 cm³/mol. The van der Waals surface area contributed by atoms with Gasteiger partial charge in [-0.15, -0.1) is 0 Å². The van der Waals surface area contributed by atoms with Gasteiger partial charge in [-0.3, -0.25) is 0 Å². The van der Waals surface area contributed by atoms with Crippen molar-refractivity contribution in [2.24, 2.45) is 0 Å². The van der Waals surface area contributed by atoms with Gasteiger partial charge in [0.2, 0.25) is 5.75 Å². The van der Waals surface area contributed by atoms with Crippen molar-refractivity contribution in [3.63, 3.8) is 0 Å². The van der Waals surface area contributed by atoms with Crippen molar-refractivity contribution in [3.8, 4) is 5.75 Å². The first kappa shape index (κ1) is 9.08. The van der Waals surface area contributed by atoms with Crippen molar-refractivity contribution < 1.29 is 21.7 Å². The lowest BCUT2D eigenvalue weighted by molar-refractivity contribution is 0.406. The largest absolute Gasteiger partial charge is 0.740 e. The van der Waals surface area contributed by atoms with Crippen molar-refractivity contribution in [3.05, 3.63) is 29.8 Å². The molecule has 0 saturated carbocycles. The van der Waals surface area contributed by atoms with Crippen molar-refractivity contribution >= 4 is 11.4 Å². The fourth-order valence-electron chi connectivity index (χ4n) is 0.630. The van der Waals surface area contributed by atoms with Crippen LogP contribution in [0.15, 0.2) is 18.2 Å². The van der Waals surface area contributed by atoms with Gasteiger partial charge in [0, 0.05) is 0 Å². The molecule has 1 rings (SSSR count). The summed E-state index contributed by atoms with van der Waals surface area (Å²) in [5.74, 6) is -3.02. The van der Waals surface area contributed by atoms with E-state index in [9.17, 15) is 17.5 Å². The van der Waals surface area contributed by atoms with Crippen LogP contribution in [0.25, 0.3) is 0 Å². The number of halogens is 2. The molecular formula is C6H3F2O3S-. The minimum Gasteiger partial charge on any atom is -0.740 e. The third-order valence-electron chi connectivity index (χ3n) is 1.07. The Hall–Kier alpha value is -1.01. The summed E-state index contributed by atoms with van der Waals surface area (Å²) in [5, 5.41) is 0. The quantitative estimate of drug-likeness (QED) is 0.661. The molecular weight excluding hydrogens is 190 g/mol. The maximum Gasteiger partial charge on any atom is 0.210 e. The third kappa shape index (κ3) is 1.99. The highest BCUT2D eigenvalue weighted by Crippen LogP contribution is 2.20. The Balaban J connectivity index is 3.04. The molecule has 0 radical (unpaired) electrons. The van der Waals surface area contributed by atoms with E-state index in [1.807, 2.05) is 0 Å². The smallest absolute Gasteiger partial charge is 0.210 e. The molecule has 0 heterocycles. The first-order valence-electron chi connectivity index (χ1n) is 2.83. The second kappa shape index (κ2) is 3.59. The average Bonchev–Trinajstić information content (AvgIpc) is 1.97. The first-order valence-corrected chi connectivity index (χ1v) is 3.83. The van der Waals surface area contributed by atoms with Crippen LogP contribution in [-0.4, -0.2) is 8.76 Å². The summed E-state index contributed by atoms with van der Waals surface area (Å²) in [7, 11) is 0. The Bertz CT molecular complexity index is 295. The number of hydrogen-bond acceptors (Lipinski definition) is 3. The molecule has 0 saturated heterocycles. The molecule has 1 unspecified atom stereocenters. The summed E-state index contributed by atoms with van der Waals surface area (Å²) in [5.41, 5.74) is 0. The summed E-state index contributed by atoms with van der Waals surface area (Å²) in [4.78, 5) is 0. The lowest BCUT2D eigenvalue weighted by Gasteiger charge is -2.07. The van der Waals surface area contributed by atoms with E-state index in [-0.39, 0.29) is 0 Å². The highest BCUT2D eigenvalue weighted by Gasteiger charge is 2.09. The van der Waals surface area contributed by atoms with Gasteiger partial charge in [0.1, 0.15) is 11.4 Å². The van der Waals surface area contributed by atoms with E-state index in [1.165, 1.54) is 0 Å². The van der Waals surface area contributed by atoms with Crippen LogP contribution in [0.3, 0.4) is 0 Å². The maximum atomic E-state index is 12.6. The van der Waals surface area contributed by atoms with Crippen molar-refractivity contribution in [1.82, 2.24) is 0 Å². The van der Waals surface area contributed by atoms with Crippen LogP contribution >= 0.6 is 0 Å². The van der Waals surface area contributed by atoms with E-state index in [0.717, 1.165) is 18.2 Å². The van der Waals surface area contributed by atoms with Crippen LogP contribution in [0.5, 0.6) is 5.75 Å². The number of benzene rings is 1.